The van der Waals surface area contributed by atoms with E-state index in [1.54, 1.807) is 0 Å². The Morgan fingerprint density at radius 1 is 1.14 bits per heavy atom. The molecule has 4 nitrogen and oxygen atoms in total. The minimum Gasteiger partial charge on any atom is -0.348 e. The molecule has 0 radical (unpaired) electrons. The van der Waals surface area contributed by atoms with Crippen molar-refractivity contribution in [3.8, 4) is 0 Å². The Morgan fingerprint density at radius 2 is 1.90 bits per heavy atom. The molecule has 1 heterocycles. The van der Waals surface area contributed by atoms with E-state index in [1.165, 1.54) is 5.56 Å². The molecule has 2 rings (SSSR count). The van der Waals surface area contributed by atoms with Crippen molar-refractivity contribution < 1.29 is 4.74 Å². The van der Waals surface area contributed by atoms with E-state index in [1.807, 2.05) is 49.5 Å². The highest BCUT2D eigenvalue weighted by molar-refractivity contribution is 5.21. The fraction of sp³-hybridized carbons (Fsp3) is 0.353. The first-order valence-electron chi connectivity index (χ1n) is 7.35. The van der Waals surface area contributed by atoms with Crippen LogP contribution < -0.4 is 11.1 Å². The predicted molar refractivity (Wildman–Crippen MR) is 84.5 cm³/mol. The topological polar surface area (TPSA) is 60.2 Å². The number of benzene rings is 1. The summed E-state index contributed by atoms with van der Waals surface area (Å²) in [5.74, 6) is 0. The first kappa shape index (κ1) is 15.6. The summed E-state index contributed by atoms with van der Waals surface area (Å²) in [6, 6.07) is 16.5. The number of nitrogens with one attached hydrogen (secondary N) is 1. The summed E-state index contributed by atoms with van der Waals surface area (Å²) < 4.78 is 5.53. The van der Waals surface area contributed by atoms with Gasteiger partial charge in [0.1, 0.15) is 6.23 Å². The molecular formula is C17H23N3O. The Morgan fingerprint density at radius 3 is 2.57 bits per heavy atom. The summed E-state index contributed by atoms with van der Waals surface area (Å²) >= 11 is 0. The Kier molecular flexibility index (Phi) is 6.34. The summed E-state index contributed by atoms with van der Waals surface area (Å²) in [4.78, 5) is 4.40. The van der Waals surface area contributed by atoms with Gasteiger partial charge in [0.15, 0.2) is 0 Å². The van der Waals surface area contributed by atoms with Crippen LogP contribution in [-0.4, -0.2) is 17.9 Å². The smallest absolute Gasteiger partial charge is 0.107 e. The van der Waals surface area contributed by atoms with Crippen LogP contribution in [-0.2, 0) is 11.2 Å². The van der Waals surface area contributed by atoms with Crippen LogP contribution in [0.25, 0.3) is 0 Å². The summed E-state index contributed by atoms with van der Waals surface area (Å²) in [6.07, 6.45) is 3.22. The molecule has 2 unspecified atom stereocenters. The lowest BCUT2D eigenvalue weighted by Crippen LogP contribution is -2.32. The van der Waals surface area contributed by atoms with Gasteiger partial charge in [-0.2, -0.15) is 0 Å². The summed E-state index contributed by atoms with van der Waals surface area (Å²) in [5, 5.41) is 3.41. The van der Waals surface area contributed by atoms with Crippen LogP contribution in [0.2, 0.25) is 0 Å². The zero-order valence-corrected chi connectivity index (χ0v) is 12.4. The van der Waals surface area contributed by atoms with Crippen LogP contribution in [0.4, 0.5) is 0 Å². The third-order valence-corrected chi connectivity index (χ3v) is 3.37. The lowest BCUT2D eigenvalue weighted by atomic mass is 10.0. The monoisotopic (exact) mass is 285 g/mol. The van der Waals surface area contributed by atoms with Crippen molar-refractivity contribution in [1.29, 1.82) is 0 Å². The van der Waals surface area contributed by atoms with Gasteiger partial charge in [-0.1, -0.05) is 43.3 Å². The van der Waals surface area contributed by atoms with Gasteiger partial charge in [-0.05, 0) is 24.1 Å². The molecule has 2 aromatic rings. The quantitative estimate of drug-likeness (QED) is 0.732. The molecular weight excluding hydrogens is 262 g/mol. The van der Waals surface area contributed by atoms with Crippen molar-refractivity contribution in [3.63, 3.8) is 0 Å². The molecule has 4 heteroatoms. The van der Waals surface area contributed by atoms with E-state index in [2.05, 4.69) is 22.4 Å². The highest BCUT2D eigenvalue weighted by Gasteiger charge is 2.12. The van der Waals surface area contributed by atoms with Crippen molar-refractivity contribution >= 4 is 0 Å². The van der Waals surface area contributed by atoms with Gasteiger partial charge in [0, 0.05) is 24.4 Å². The van der Waals surface area contributed by atoms with Gasteiger partial charge < -0.3 is 10.5 Å². The zero-order chi connectivity index (χ0) is 14.9. The standard InChI is InChI=1S/C17H23N3O/c1-2-17(18)21-13-20-16(14-8-4-3-5-9-14)12-15-10-6-7-11-19-15/h3-11,16-17,20H,2,12-13,18H2,1H3. The summed E-state index contributed by atoms with van der Waals surface area (Å²) in [6.45, 7) is 2.44. The fourth-order valence-electron chi connectivity index (χ4n) is 2.09. The molecule has 21 heavy (non-hydrogen) atoms. The van der Waals surface area contributed by atoms with Crippen LogP contribution in [0.5, 0.6) is 0 Å². The van der Waals surface area contributed by atoms with Crippen molar-refractivity contribution in [1.82, 2.24) is 10.3 Å². The minimum atomic E-state index is -0.219. The van der Waals surface area contributed by atoms with Crippen molar-refractivity contribution in [2.75, 3.05) is 6.73 Å². The minimum absolute atomic E-state index is 0.158. The highest BCUT2D eigenvalue weighted by Crippen LogP contribution is 2.17. The molecule has 0 fully saturated rings. The second kappa shape index (κ2) is 8.52. The van der Waals surface area contributed by atoms with Crippen molar-refractivity contribution in [2.24, 2.45) is 5.73 Å². The van der Waals surface area contributed by atoms with Gasteiger partial charge in [-0.3, -0.25) is 10.3 Å². The van der Waals surface area contributed by atoms with E-state index in [9.17, 15) is 0 Å². The van der Waals surface area contributed by atoms with Crippen LogP contribution in [0, 0.1) is 0 Å². The average molecular weight is 285 g/mol. The third-order valence-electron chi connectivity index (χ3n) is 3.37. The molecule has 0 amide bonds. The second-order valence-corrected chi connectivity index (χ2v) is 4.95. The maximum Gasteiger partial charge on any atom is 0.107 e. The maximum atomic E-state index is 5.78. The SMILES string of the molecule is CCC(N)OCNC(Cc1ccccn1)c1ccccc1. The fourth-order valence-corrected chi connectivity index (χ4v) is 2.09. The second-order valence-electron chi connectivity index (χ2n) is 4.95. The number of hydrogen-bond donors (Lipinski definition) is 2. The zero-order valence-electron chi connectivity index (χ0n) is 12.4. The maximum absolute atomic E-state index is 5.78. The van der Waals surface area contributed by atoms with E-state index in [0.29, 0.717) is 6.73 Å². The van der Waals surface area contributed by atoms with Crippen LogP contribution >= 0.6 is 0 Å². The van der Waals surface area contributed by atoms with Crippen LogP contribution in [0.1, 0.15) is 30.6 Å². The summed E-state index contributed by atoms with van der Waals surface area (Å²) in [7, 11) is 0. The molecule has 0 saturated heterocycles. The molecule has 0 spiro atoms. The number of hydrogen-bond acceptors (Lipinski definition) is 4. The van der Waals surface area contributed by atoms with E-state index >= 15 is 0 Å². The normalized spacial score (nSPS) is 13.8. The third kappa shape index (κ3) is 5.27. The van der Waals surface area contributed by atoms with Gasteiger partial charge in [-0.15, -0.1) is 0 Å². The Hall–Kier alpha value is -1.75. The number of rotatable bonds is 8. The number of pyridine rings is 1. The molecule has 0 aliphatic carbocycles. The lowest BCUT2D eigenvalue weighted by molar-refractivity contribution is 0.0368. The Labute approximate surface area is 126 Å². The first-order chi connectivity index (χ1) is 10.3. The van der Waals surface area contributed by atoms with Crippen molar-refractivity contribution in [2.45, 2.75) is 32.0 Å². The number of ether oxygens (including phenoxy) is 1. The van der Waals surface area contributed by atoms with Crippen LogP contribution in [0.3, 0.4) is 0 Å². The highest BCUT2D eigenvalue weighted by atomic mass is 16.5. The lowest BCUT2D eigenvalue weighted by Gasteiger charge is -2.20. The summed E-state index contributed by atoms with van der Waals surface area (Å²) in [5.41, 5.74) is 8.05. The van der Waals surface area contributed by atoms with E-state index in [-0.39, 0.29) is 12.3 Å². The van der Waals surface area contributed by atoms with Crippen molar-refractivity contribution in [3.05, 3.63) is 66.0 Å². The Bertz CT molecular complexity index is 504. The largest absolute Gasteiger partial charge is 0.348 e. The Balaban J connectivity index is 2.01. The van der Waals surface area contributed by atoms with Gasteiger partial charge in [0.25, 0.3) is 0 Å². The molecule has 112 valence electrons. The van der Waals surface area contributed by atoms with E-state index in [4.69, 9.17) is 10.5 Å². The molecule has 1 aromatic heterocycles. The number of aromatic nitrogens is 1. The van der Waals surface area contributed by atoms with Crippen LogP contribution in [0.15, 0.2) is 54.7 Å². The molecule has 0 saturated carbocycles. The molecule has 2 atom stereocenters. The average Bonchev–Trinajstić information content (AvgIpc) is 2.55. The number of nitrogens with zero attached hydrogens (tertiary/aromatic N) is 1. The van der Waals surface area contributed by atoms with Gasteiger partial charge >= 0.3 is 0 Å². The van der Waals surface area contributed by atoms with E-state index < -0.39 is 0 Å². The predicted octanol–water partition coefficient (Wildman–Crippen LogP) is 2.62. The van der Waals surface area contributed by atoms with Gasteiger partial charge in [0.05, 0.1) is 6.73 Å². The molecule has 1 aromatic carbocycles. The van der Waals surface area contributed by atoms with Gasteiger partial charge in [-0.25, -0.2) is 0 Å². The van der Waals surface area contributed by atoms with Gasteiger partial charge in [0.2, 0.25) is 0 Å². The molecule has 3 N–H and O–H groups in total. The molecule has 0 bridgehead atoms. The first-order valence-corrected chi connectivity index (χ1v) is 7.35. The number of nitrogens with two attached hydrogens (primary N) is 1. The molecule has 0 aliphatic rings. The molecule has 0 aliphatic heterocycles. The van der Waals surface area contributed by atoms with E-state index in [0.717, 1.165) is 18.5 Å².